The first kappa shape index (κ1) is 13.9. The Hall–Kier alpha value is -2.55. The van der Waals surface area contributed by atoms with Crippen molar-refractivity contribution < 1.29 is 22.3 Å². The van der Waals surface area contributed by atoms with Gasteiger partial charge in [-0.05, 0) is 41.5 Å². The molecule has 20 heavy (non-hydrogen) atoms. The highest BCUT2D eigenvalue weighted by molar-refractivity contribution is 5.66. The minimum atomic E-state index is -4.79. The van der Waals surface area contributed by atoms with Crippen LogP contribution in [-0.4, -0.2) is 6.36 Å². The topological polar surface area (TPSA) is 33.0 Å². The molecule has 0 fully saturated rings. The fraction of sp³-hybridized carbons (Fsp3) is 0.0714. The van der Waals surface area contributed by atoms with Crippen LogP contribution in [0.1, 0.15) is 5.56 Å². The number of halogens is 4. The molecule has 0 bridgehead atoms. The van der Waals surface area contributed by atoms with E-state index in [1.54, 1.807) is 6.07 Å². The third-order valence-corrected chi connectivity index (χ3v) is 2.43. The van der Waals surface area contributed by atoms with Crippen LogP contribution in [0.15, 0.2) is 42.5 Å². The Kier molecular flexibility index (Phi) is 3.61. The zero-order valence-electron chi connectivity index (χ0n) is 9.91. The largest absolute Gasteiger partial charge is 0.573 e. The average molecular weight is 281 g/mol. The van der Waals surface area contributed by atoms with E-state index in [1.165, 1.54) is 18.2 Å². The number of hydrogen-bond acceptors (Lipinski definition) is 2. The van der Waals surface area contributed by atoms with E-state index in [4.69, 9.17) is 5.26 Å². The molecule has 2 rings (SSSR count). The molecule has 0 aliphatic rings. The molecule has 2 aromatic rings. The molecule has 0 saturated heterocycles. The van der Waals surface area contributed by atoms with Crippen molar-refractivity contribution in [3.63, 3.8) is 0 Å². The van der Waals surface area contributed by atoms with Crippen LogP contribution >= 0.6 is 0 Å². The highest BCUT2D eigenvalue weighted by Gasteiger charge is 2.31. The Balaban J connectivity index is 2.41. The van der Waals surface area contributed by atoms with Crippen LogP contribution < -0.4 is 4.74 Å². The molecule has 0 saturated carbocycles. The lowest BCUT2D eigenvalue weighted by Gasteiger charge is -2.10. The van der Waals surface area contributed by atoms with Crippen molar-refractivity contribution >= 4 is 0 Å². The molecule has 102 valence electrons. The monoisotopic (exact) mass is 281 g/mol. The fourth-order valence-electron chi connectivity index (χ4n) is 1.69. The molecule has 0 heterocycles. The van der Waals surface area contributed by atoms with Crippen LogP contribution in [0.4, 0.5) is 17.6 Å². The van der Waals surface area contributed by atoms with Gasteiger partial charge in [-0.3, -0.25) is 0 Å². The summed E-state index contributed by atoms with van der Waals surface area (Å²) in [5, 5.41) is 8.75. The third-order valence-electron chi connectivity index (χ3n) is 2.43. The van der Waals surface area contributed by atoms with E-state index in [0.717, 1.165) is 24.3 Å². The van der Waals surface area contributed by atoms with Crippen LogP contribution in [-0.2, 0) is 0 Å². The lowest BCUT2D eigenvalue weighted by Crippen LogP contribution is -2.17. The molecule has 2 aromatic carbocycles. The van der Waals surface area contributed by atoms with Crippen molar-refractivity contribution in [3.05, 3.63) is 53.8 Å². The summed E-state index contributed by atoms with van der Waals surface area (Å²) < 4.78 is 53.5. The second-order valence-electron chi connectivity index (χ2n) is 3.92. The van der Waals surface area contributed by atoms with Gasteiger partial charge in [-0.1, -0.05) is 12.1 Å². The number of hydrogen-bond donors (Lipinski definition) is 0. The molecule has 0 radical (unpaired) electrons. The Bertz CT molecular complexity index is 674. The van der Waals surface area contributed by atoms with Gasteiger partial charge in [0, 0.05) is 0 Å². The van der Waals surface area contributed by atoms with Crippen molar-refractivity contribution in [1.29, 1.82) is 5.26 Å². The Labute approximate surface area is 111 Å². The highest BCUT2D eigenvalue weighted by atomic mass is 19.4. The van der Waals surface area contributed by atoms with E-state index >= 15 is 0 Å². The Morgan fingerprint density at radius 2 is 1.75 bits per heavy atom. The van der Waals surface area contributed by atoms with Gasteiger partial charge in [0.05, 0.1) is 11.6 Å². The maximum atomic E-state index is 13.3. The van der Waals surface area contributed by atoms with Gasteiger partial charge in [0.2, 0.25) is 0 Å². The first-order valence-corrected chi connectivity index (χ1v) is 5.44. The smallest absolute Gasteiger partial charge is 0.406 e. The van der Waals surface area contributed by atoms with Crippen LogP contribution in [0.2, 0.25) is 0 Å². The van der Waals surface area contributed by atoms with E-state index < -0.39 is 17.9 Å². The summed E-state index contributed by atoms with van der Waals surface area (Å²) in [4.78, 5) is 0. The van der Waals surface area contributed by atoms with Gasteiger partial charge in [-0.15, -0.1) is 13.2 Å². The van der Waals surface area contributed by atoms with E-state index in [0.29, 0.717) is 11.1 Å². The summed E-state index contributed by atoms with van der Waals surface area (Å²) in [7, 11) is 0. The first-order chi connectivity index (χ1) is 9.37. The first-order valence-electron chi connectivity index (χ1n) is 5.44. The summed E-state index contributed by atoms with van der Waals surface area (Å²) in [5.74, 6) is -1.04. The van der Waals surface area contributed by atoms with Gasteiger partial charge in [-0.25, -0.2) is 4.39 Å². The number of alkyl halides is 3. The molecule has 0 N–H and O–H groups in total. The minimum absolute atomic E-state index is 0.0853. The van der Waals surface area contributed by atoms with Crippen molar-refractivity contribution in [2.45, 2.75) is 6.36 Å². The number of ether oxygens (including phenoxy) is 1. The van der Waals surface area contributed by atoms with E-state index in [9.17, 15) is 17.6 Å². The summed E-state index contributed by atoms with van der Waals surface area (Å²) in [6.07, 6.45) is -4.79. The molecular weight excluding hydrogens is 274 g/mol. The predicted octanol–water partition coefficient (Wildman–Crippen LogP) is 4.26. The maximum absolute atomic E-state index is 13.3. The van der Waals surface area contributed by atoms with Gasteiger partial charge < -0.3 is 4.74 Å². The molecule has 0 spiro atoms. The van der Waals surface area contributed by atoms with Crippen molar-refractivity contribution in [2.75, 3.05) is 0 Å². The van der Waals surface area contributed by atoms with Crippen molar-refractivity contribution in [3.8, 4) is 22.9 Å². The van der Waals surface area contributed by atoms with Crippen LogP contribution in [0, 0.1) is 17.1 Å². The van der Waals surface area contributed by atoms with E-state index in [1.807, 2.05) is 0 Å². The number of benzene rings is 2. The van der Waals surface area contributed by atoms with Gasteiger partial charge in [0.15, 0.2) is 0 Å². The highest BCUT2D eigenvalue weighted by Crippen LogP contribution is 2.28. The van der Waals surface area contributed by atoms with Crippen LogP contribution in [0.3, 0.4) is 0 Å². The Morgan fingerprint density at radius 3 is 2.40 bits per heavy atom. The van der Waals surface area contributed by atoms with Crippen molar-refractivity contribution in [1.82, 2.24) is 0 Å². The Morgan fingerprint density at radius 1 is 1.00 bits per heavy atom. The van der Waals surface area contributed by atoms with Gasteiger partial charge in [0.1, 0.15) is 11.6 Å². The molecular formula is C14H7F4NO. The standard InChI is InChI=1S/C14H7F4NO/c15-12-5-9(8-19)4-11(6-12)10-2-1-3-13(7-10)20-14(16,17)18/h1-7H. The van der Waals surface area contributed by atoms with E-state index in [-0.39, 0.29) is 5.56 Å². The lowest BCUT2D eigenvalue weighted by atomic mass is 10.0. The van der Waals surface area contributed by atoms with E-state index in [2.05, 4.69) is 4.74 Å². The second kappa shape index (κ2) is 5.21. The maximum Gasteiger partial charge on any atom is 0.573 e. The molecule has 6 heteroatoms. The zero-order valence-corrected chi connectivity index (χ0v) is 9.91. The summed E-state index contributed by atoms with van der Waals surface area (Å²) in [6, 6.07) is 10.5. The van der Waals surface area contributed by atoms with Gasteiger partial charge in [0.25, 0.3) is 0 Å². The number of nitrogens with zero attached hydrogens (tertiary/aromatic N) is 1. The number of nitriles is 1. The molecule has 0 aliphatic heterocycles. The van der Waals surface area contributed by atoms with Gasteiger partial charge in [-0.2, -0.15) is 5.26 Å². The molecule has 2 nitrogen and oxygen atoms in total. The number of rotatable bonds is 2. The average Bonchev–Trinajstić information content (AvgIpc) is 2.36. The van der Waals surface area contributed by atoms with Crippen molar-refractivity contribution in [2.24, 2.45) is 0 Å². The zero-order chi connectivity index (χ0) is 14.8. The minimum Gasteiger partial charge on any atom is -0.406 e. The molecule has 0 aromatic heterocycles. The lowest BCUT2D eigenvalue weighted by molar-refractivity contribution is -0.274. The van der Waals surface area contributed by atoms with Crippen LogP contribution in [0.5, 0.6) is 5.75 Å². The van der Waals surface area contributed by atoms with Gasteiger partial charge >= 0.3 is 6.36 Å². The molecule has 0 aliphatic carbocycles. The normalized spacial score (nSPS) is 10.9. The van der Waals surface area contributed by atoms with Crippen LogP contribution in [0.25, 0.3) is 11.1 Å². The molecule has 0 amide bonds. The fourth-order valence-corrected chi connectivity index (χ4v) is 1.69. The molecule has 0 unspecified atom stereocenters. The SMILES string of the molecule is N#Cc1cc(F)cc(-c2cccc(OC(F)(F)F)c2)c1. The summed E-state index contributed by atoms with van der Waals surface area (Å²) >= 11 is 0. The third kappa shape index (κ3) is 3.48. The molecule has 0 atom stereocenters. The summed E-state index contributed by atoms with van der Waals surface area (Å²) in [5.41, 5.74) is 0.707. The summed E-state index contributed by atoms with van der Waals surface area (Å²) in [6.45, 7) is 0. The quantitative estimate of drug-likeness (QED) is 0.770. The second-order valence-corrected chi connectivity index (χ2v) is 3.92. The predicted molar refractivity (Wildman–Crippen MR) is 63.2 cm³/mol.